The maximum absolute atomic E-state index is 12.2. The van der Waals surface area contributed by atoms with Crippen LogP contribution in [-0.2, 0) is 0 Å². The summed E-state index contributed by atoms with van der Waals surface area (Å²) in [5.74, 6) is -0.101. The second kappa shape index (κ2) is 5.48. The van der Waals surface area contributed by atoms with Crippen molar-refractivity contribution in [2.75, 3.05) is 0 Å². The maximum atomic E-state index is 12.2. The molecule has 0 saturated heterocycles. The van der Waals surface area contributed by atoms with Crippen LogP contribution in [0.25, 0.3) is 11.0 Å². The minimum atomic E-state index is -0.440. The van der Waals surface area contributed by atoms with E-state index in [1.54, 1.807) is 30.3 Å². The molecule has 0 spiro atoms. The zero-order chi connectivity index (χ0) is 15.7. The van der Waals surface area contributed by atoms with Crippen LogP contribution in [0, 0.1) is 13.8 Å². The van der Waals surface area contributed by atoms with Gasteiger partial charge in [0.2, 0.25) is 0 Å². The first kappa shape index (κ1) is 14.1. The summed E-state index contributed by atoms with van der Waals surface area (Å²) in [6, 6.07) is 13.5. The molecule has 22 heavy (non-hydrogen) atoms. The predicted octanol–water partition coefficient (Wildman–Crippen LogP) is 3.63. The van der Waals surface area contributed by atoms with Crippen LogP contribution in [0.1, 0.15) is 21.5 Å². The topological polar surface area (TPSA) is 56.5 Å². The van der Waals surface area contributed by atoms with Gasteiger partial charge in [0.1, 0.15) is 11.3 Å². The average Bonchev–Trinajstić information content (AvgIpc) is 2.45. The van der Waals surface area contributed by atoms with Gasteiger partial charge in [0.25, 0.3) is 0 Å². The molecule has 0 aliphatic heterocycles. The highest BCUT2D eigenvalue weighted by Gasteiger charge is 2.10. The van der Waals surface area contributed by atoms with Gasteiger partial charge < -0.3 is 9.15 Å². The second-order valence-corrected chi connectivity index (χ2v) is 5.22. The Bertz CT molecular complexity index is 902. The first-order chi connectivity index (χ1) is 10.5. The van der Waals surface area contributed by atoms with Crippen LogP contribution >= 0.6 is 0 Å². The monoisotopic (exact) mass is 294 g/mol. The van der Waals surface area contributed by atoms with Gasteiger partial charge in [-0.1, -0.05) is 17.2 Å². The molecule has 0 radical (unpaired) electrons. The van der Waals surface area contributed by atoms with E-state index in [1.807, 2.05) is 19.9 Å². The van der Waals surface area contributed by atoms with Crippen molar-refractivity contribution in [3.05, 3.63) is 75.6 Å². The molecule has 4 heteroatoms. The molecule has 0 N–H and O–H groups in total. The number of ether oxygens (including phenoxy) is 1. The number of hydrogen-bond donors (Lipinski definition) is 0. The highest BCUT2D eigenvalue weighted by atomic mass is 16.5. The third-order valence-electron chi connectivity index (χ3n) is 3.26. The van der Waals surface area contributed by atoms with Gasteiger partial charge in [-0.3, -0.25) is 0 Å². The van der Waals surface area contributed by atoms with Gasteiger partial charge in [0.15, 0.2) is 0 Å². The Morgan fingerprint density at radius 1 is 0.955 bits per heavy atom. The van der Waals surface area contributed by atoms with Crippen molar-refractivity contribution in [2.45, 2.75) is 13.8 Å². The zero-order valence-corrected chi connectivity index (χ0v) is 12.3. The Kier molecular flexibility index (Phi) is 3.51. The first-order valence-electron chi connectivity index (χ1n) is 6.86. The molecule has 110 valence electrons. The van der Waals surface area contributed by atoms with Crippen LogP contribution in [-0.4, -0.2) is 5.97 Å². The molecular weight excluding hydrogens is 280 g/mol. The summed E-state index contributed by atoms with van der Waals surface area (Å²) in [5.41, 5.74) is 2.43. The summed E-state index contributed by atoms with van der Waals surface area (Å²) >= 11 is 0. The van der Waals surface area contributed by atoms with Gasteiger partial charge in [0, 0.05) is 17.5 Å². The fourth-order valence-corrected chi connectivity index (χ4v) is 2.36. The first-order valence-corrected chi connectivity index (χ1v) is 6.86. The normalized spacial score (nSPS) is 10.6. The fourth-order valence-electron chi connectivity index (χ4n) is 2.36. The third-order valence-corrected chi connectivity index (χ3v) is 3.26. The molecular formula is C18H14O4. The number of benzene rings is 2. The van der Waals surface area contributed by atoms with Crippen LogP contribution in [0.4, 0.5) is 0 Å². The van der Waals surface area contributed by atoms with E-state index in [-0.39, 0.29) is 0 Å². The maximum Gasteiger partial charge on any atom is 0.343 e. The van der Waals surface area contributed by atoms with Gasteiger partial charge in [-0.25, -0.2) is 9.59 Å². The van der Waals surface area contributed by atoms with E-state index in [2.05, 4.69) is 0 Å². The molecule has 0 aliphatic rings. The standard InChI is InChI=1S/C18H14O4/c1-11-7-12(2)9-14(8-11)18(20)21-15-5-3-13-4-6-17(19)22-16(13)10-15/h3-10H,1-2H3. The lowest BCUT2D eigenvalue weighted by atomic mass is 10.1. The van der Waals surface area contributed by atoms with E-state index in [9.17, 15) is 9.59 Å². The second-order valence-electron chi connectivity index (χ2n) is 5.22. The number of carbonyl (C=O) groups excluding carboxylic acids is 1. The van der Waals surface area contributed by atoms with Crippen molar-refractivity contribution in [2.24, 2.45) is 0 Å². The largest absolute Gasteiger partial charge is 0.423 e. The molecule has 3 rings (SSSR count). The van der Waals surface area contributed by atoms with Crippen LogP contribution in [0.5, 0.6) is 5.75 Å². The number of hydrogen-bond acceptors (Lipinski definition) is 4. The van der Waals surface area contributed by atoms with Crippen molar-refractivity contribution >= 4 is 16.9 Å². The summed E-state index contributed by atoms with van der Waals surface area (Å²) < 4.78 is 10.4. The van der Waals surface area contributed by atoms with Crippen LogP contribution in [0.3, 0.4) is 0 Å². The number of fused-ring (bicyclic) bond motifs is 1. The highest BCUT2D eigenvalue weighted by Crippen LogP contribution is 2.21. The molecule has 0 amide bonds. The lowest BCUT2D eigenvalue weighted by molar-refractivity contribution is 0.0734. The summed E-state index contributed by atoms with van der Waals surface area (Å²) in [6.07, 6.45) is 0. The molecule has 4 nitrogen and oxygen atoms in total. The number of rotatable bonds is 2. The molecule has 1 aromatic heterocycles. The summed E-state index contributed by atoms with van der Waals surface area (Å²) in [7, 11) is 0. The van der Waals surface area contributed by atoms with E-state index in [4.69, 9.17) is 9.15 Å². The quantitative estimate of drug-likeness (QED) is 0.411. The number of aryl methyl sites for hydroxylation is 2. The molecule has 0 fully saturated rings. The number of carbonyl (C=O) groups is 1. The number of esters is 1. The highest BCUT2D eigenvalue weighted by molar-refractivity contribution is 5.92. The lowest BCUT2D eigenvalue weighted by Gasteiger charge is -2.07. The molecule has 2 aromatic carbocycles. The summed E-state index contributed by atoms with van der Waals surface area (Å²) in [4.78, 5) is 23.4. The summed E-state index contributed by atoms with van der Waals surface area (Å²) in [5, 5.41) is 0.769. The van der Waals surface area contributed by atoms with Crippen LogP contribution < -0.4 is 10.4 Å². The summed E-state index contributed by atoms with van der Waals surface area (Å²) in [6.45, 7) is 3.85. The molecule has 1 heterocycles. The third kappa shape index (κ3) is 2.91. The minimum Gasteiger partial charge on any atom is -0.423 e. The minimum absolute atomic E-state index is 0.339. The van der Waals surface area contributed by atoms with Crippen LogP contribution in [0.15, 0.2) is 57.7 Å². The Morgan fingerprint density at radius 3 is 2.36 bits per heavy atom. The molecule has 3 aromatic rings. The average molecular weight is 294 g/mol. The van der Waals surface area contributed by atoms with Crippen molar-refractivity contribution in [3.8, 4) is 5.75 Å². The Balaban J connectivity index is 1.91. The lowest BCUT2D eigenvalue weighted by Crippen LogP contribution is -2.09. The zero-order valence-electron chi connectivity index (χ0n) is 12.3. The van der Waals surface area contributed by atoms with Crippen molar-refractivity contribution < 1.29 is 13.9 Å². The van der Waals surface area contributed by atoms with Crippen molar-refractivity contribution in [1.29, 1.82) is 0 Å². The van der Waals surface area contributed by atoms with Gasteiger partial charge in [-0.05, 0) is 44.2 Å². The molecule has 0 atom stereocenters. The van der Waals surface area contributed by atoms with Gasteiger partial charge in [-0.15, -0.1) is 0 Å². The Hall–Kier alpha value is -2.88. The Morgan fingerprint density at radius 2 is 1.64 bits per heavy atom. The fraction of sp³-hybridized carbons (Fsp3) is 0.111. The molecule has 0 unspecified atom stereocenters. The Labute approximate surface area is 127 Å². The van der Waals surface area contributed by atoms with Crippen molar-refractivity contribution in [1.82, 2.24) is 0 Å². The van der Waals surface area contributed by atoms with Gasteiger partial charge in [-0.2, -0.15) is 0 Å². The SMILES string of the molecule is Cc1cc(C)cc(C(=O)Oc2ccc3ccc(=O)oc3c2)c1. The van der Waals surface area contributed by atoms with E-state index < -0.39 is 11.6 Å². The predicted molar refractivity (Wildman–Crippen MR) is 83.4 cm³/mol. The van der Waals surface area contributed by atoms with E-state index in [0.29, 0.717) is 16.9 Å². The van der Waals surface area contributed by atoms with Crippen LogP contribution in [0.2, 0.25) is 0 Å². The molecule has 0 saturated carbocycles. The van der Waals surface area contributed by atoms with E-state index in [1.165, 1.54) is 12.1 Å². The van der Waals surface area contributed by atoms with Gasteiger partial charge >= 0.3 is 11.6 Å². The molecule has 0 aliphatic carbocycles. The van der Waals surface area contributed by atoms with Gasteiger partial charge in [0.05, 0.1) is 5.56 Å². The van der Waals surface area contributed by atoms with Crippen molar-refractivity contribution in [3.63, 3.8) is 0 Å². The van der Waals surface area contributed by atoms with E-state index in [0.717, 1.165) is 16.5 Å². The molecule has 0 bridgehead atoms. The van der Waals surface area contributed by atoms with E-state index >= 15 is 0 Å². The smallest absolute Gasteiger partial charge is 0.343 e.